The largest absolute Gasteiger partial charge is 0.465 e. The van der Waals surface area contributed by atoms with Crippen molar-refractivity contribution in [3.05, 3.63) is 99.6 Å². The minimum Gasteiger partial charge on any atom is -0.465 e. The Morgan fingerprint density at radius 3 is 2.45 bits per heavy atom. The normalized spacial score (nSPS) is 15.0. The lowest BCUT2D eigenvalue weighted by Gasteiger charge is -2.40. The molecule has 0 N–H and O–H groups in total. The molecule has 218 valence electrons. The van der Waals surface area contributed by atoms with Crippen molar-refractivity contribution in [2.24, 2.45) is 0 Å². The maximum Gasteiger partial charge on any atom is 0.414 e. The summed E-state index contributed by atoms with van der Waals surface area (Å²) < 4.78 is 10.4. The average molecular weight is 573 g/mol. The molecular weight excluding hydrogens is 540 g/mol. The molecule has 1 saturated heterocycles. The smallest absolute Gasteiger partial charge is 0.414 e. The Hall–Kier alpha value is -4.93. The molecule has 0 unspecified atom stereocenters. The minimum atomic E-state index is -0.559. The van der Waals surface area contributed by atoms with E-state index in [1.54, 1.807) is 24.0 Å². The van der Waals surface area contributed by atoms with Crippen molar-refractivity contribution in [2.45, 2.75) is 39.0 Å². The van der Waals surface area contributed by atoms with Gasteiger partial charge in [0.2, 0.25) is 0 Å². The molecule has 1 fully saturated rings. The van der Waals surface area contributed by atoms with Gasteiger partial charge in [0.25, 0.3) is 11.6 Å². The lowest BCUT2D eigenvalue weighted by Crippen LogP contribution is -2.49. The number of nitrogens with zero attached hydrogens (tertiary/aromatic N) is 4. The summed E-state index contributed by atoms with van der Waals surface area (Å²) in [5.74, 6) is -1.07. The van der Waals surface area contributed by atoms with E-state index >= 15 is 0 Å². The van der Waals surface area contributed by atoms with Crippen LogP contribution in [-0.2, 0) is 27.4 Å². The van der Waals surface area contributed by atoms with Gasteiger partial charge in [-0.3, -0.25) is 24.6 Å². The molecule has 2 heterocycles. The molecule has 2 aliphatic heterocycles. The van der Waals surface area contributed by atoms with Crippen LogP contribution in [0.1, 0.15) is 41.3 Å². The van der Waals surface area contributed by atoms with Crippen LogP contribution in [-0.4, -0.2) is 60.1 Å². The summed E-state index contributed by atoms with van der Waals surface area (Å²) in [6, 6.07) is 21.1. The van der Waals surface area contributed by atoms with E-state index in [4.69, 9.17) is 9.47 Å². The van der Waals surface area contributed by atoms with Crippen LogP contribution >= 0.6 is 0 Å². The van der Waals surface area contributed by atoms with Crippen LogP contribution in [0.25, 0.3) is 0 Å². The summed E-state index contributed by atoms with van der Waals surface area (Å²) >= 11 is 0. The summed E-state index contributed by atoms with van der Waals surface area (Å²) in [4.78, 5) is 55.1. The first-order valence-corrected chi connectivity index (χ1v) is 13.9. The molecule has 0 atom stereocenters. The Kier molecular flexibility index (Phi) is 8.66. The number of para-hydroxylation sites is 1. The number of piperidine rings is 1. The van der Waals surface area contributed by atoms with E-state index in [9.17, 15) is 24.5 Å². The van der Waals surface area contributed by atoms with Gasteiger partial charge in [-0.25, -0.2) is 4.79 Å². The Morgan fingerprint density at radius 2 is 1.74 bits per heavy atom. The number of nitro groups is 1. The van der Waals surface area contributed by atoms with Crippen molar-refractivity contribution < 1.29 is 28.8 Å². The van der Waals surface area contributed by atoms with Crippen molar-refractivity contribution in [1.29, 1.82) is 0 Å². The maximum atomic E-state index is 13.5. The number of hydrogen-bond acceptors (Lipinski definition) is 8. The highest BCUT2D eigenvalue weighted by Crippen LogP contribution is 2.35. The average Bonchev–Trinajstić information content (AvgIpc) is 3.01. The summed E-state index contributed by atoms with van der Waals surface area (Å²) in [6.07, 6.45) is 0.793. The summed E-state index contributed by atoms with van der Waals surface area (Å²) in [6.45, 7) is 2.92. The number of carbonyl (C=O) groups excluding carboxylic acids is 3. The molecule has 3 aromatic rings. The van der Waals surface area contributed by atoms with Gasteiger partial charge in [-0.15, -0.1) is 0 Å². The molecule has 0 aromatic heterocycles. The predicted molar refractivity (Wildman–Crippen MR) is 155 cm³/mol. The SMILES string of the molecule is CCOC(=O)CN(Cc1ccccc1)C(=O)c1ccc(N2CCC(N3C(=O)OCc4ccccc43)CC2)c([N+](=O)[O-])c1. The Labute approximate surface area is 243 Å². The number of fused-ring (bicyclic) bond motifs is 1. The van der Waals surface area contributed by atoms with Crippen LogP contribution in [0, 0.1) is 10.1 Å². The molecule has 42 heavy (non-hydrogen) atoms. The first-order valence-electron chi connectivity index (χ1n) is 13.9. The van der Waals surface area contributed by atoms with Crippen LogP contribution in [0.15, 0.2) is 72.8 Å². The van der Waals surface area contributed by atoms with E-state index in [-0.39, 0.29) is 49.7 Å². The summed E-state index contributed by atoms with van der Waals surface area (Å²) in [5, 5.41) is 12.2. The quantitative estimate of drug-likeness (QED) is 0.201. The number of hydrogen-bond donors (Lipinski definition) is 0. The lowest BCUT2D eigenvalue weighted by atomic mass is 9.99. The number of esters is 1. The fourth-order valence-corrected chi connectivity index (χ4v) is 5.50. The zero-order chi connectivity index (χ0) is 29.6. The van der Waals surface area contributed by atoms with E-state index < -0.39 is 16.8 Å². The van der Waals surface area contributed by atoms with E-state index in [2.05, 4.69) is 0 Å². The highest BCUT2D eigenvalue weighted by atomic mass is 16.6. The Morgan fingerprint density at radius 1 is 1.02 bits per heavy atom. The van der Waals surface area contributed by atoms with E-state index in [1.807, 2.05) is 59.5 Å². The van der Waals surface area contributed by atoms with Crippen LogP contribution in [0.4, 0.5) is 21.9 Å². The second-order valence-electron chi connectivity index (χ2n) is 10.2. The molecule has 0 bridgehead atoms. The fraction of sp³-hybridized carbons (Fsp3) is 0.323. The molecule has 3 aromatic carbocycles. The minimum absolute atomic E-state index is 0.105. The molecular formula is C31H32N4O7. The third kappa shape index (κ3) is 6.19. The second-order valence-corrected chi connectivity index (χ2v) is 10.2. The van der Waals surface area contributed by atoms with Gasteiger partial charge in [0.1, 0.15) is 18.8 Å². The number of anilines is 2. The van der Waals surface area contributed by atoms with Gasteiger partial charge in [-0.1, -0.05) is 48.5 Å². The van der Waals surface area contributed by atoms with Gasteiger partial charge >= 0.3 is 12.1 Å². The number of cyclic esters (lactones) is 1. The van der Waals surface area contributed by atoms with Crippen molar-refractivity contribution >= 4 is 35.0 Å². The number of amides is 2. The number of benzene rings is 3. The third-order valence-electron chi connectivity index (χ3n) is 7.52. The van der Waals surface area contributed by atoms with Crippen molar-refractivity contribution in [3.63, 3.8) is 0 Å². The molecule has 0 radical (unpaired) electrons. The highest BCUT2D eigenvalue weighted by molar-refractivity contribution is 5.97. The predicted octanol–water partition coefficient (Wildman–Crippen LogP) is 4.93. The van der Waals surface area contributed by atoms with Gasteiger partial charge in [-0.05, 0) is 43.5 Å². The van der Waals surface area contributed by atoms with E-state index in [0.717, 1.165) is 16.8 Å². The zero-order valence-electron chi connectivity index (χ0n) is 23.3. The fourth-order valence-electron chi connectivity index (χ4n) is 5.50. The number of ether oxygens (including phenoxy) is 2. The molecule has 5 rings (SSSR count). The van der Waals surface area contributed by atoms with Gasteiger partial charge in [-0.2, -0.15) is 0 Å². The van der Waals surface area contributed by atoms with Crippen molar-refractivity contribution in [3.8, 4) is 0 Å². The molecule has 0 aliphatic carbocycles. The maximum absolute atomic E-state index is 13.5. The molecule has 2 aliphatic rings. The molecule has 2 amide bonds. The number of carbonyl (C=O) groups is 3. The van der Waals surface area contributed by atoms with Crippen molar-refractivity contribution in [2.75, 3.05) is 36.0 Å². The van der Waals surface area contributed by atoms with E-state index in [1.165, 1.54) is 11.0 Å². The number of rotatable bonds is 9. The van der Waals surface area contributed by atoms with Gasteiger partial charge < -0.3 is 19.3 Å². The zero-order valence-corrected chi connectivity index (χ0v) is 23.3. The molecule has 11 heteroatoms. The standard InChI is InChI=1S/C31H32N4O7/c1-2-41-29(36)20-33(19-22-8-4-3-5-9-22)30(37)23-12-13-27(28(18-23)35(39)40)32-16-14-25(15-17-32)34-26-11-7-6-10-24(26)21-42-31(34)38/h3-13,18,25H,2,14-17,19-21H2,1H3. The van der Waals surface area contributed by atoms with Crippen LogP contribution in [0.5, 0.6) is 0 Å². The first-order chi connectivity index (χ1) is 20.4. The van der Waals surface area contributed by atoms with E-state index in [0.29, 0.717) is 31.6 Å². The van der Waals surface area contributed by atoms with Gasteiger partial charge in [0.05, 0.1) is 17.2 Å². The highest BCUT2D eigenvalue weighted by Gasteiger charge is 2.35. The monoisotopic (exact) mass is 572 g/mol. The van der Waals surface area contributed by atoms with Crippen LogP contribution in [0.3, 0.4) is 0 Å². The molecule has 11 nitrogen and oxygen atoms in total. The molecule has 0 spiro atoms. The Balaban J connectivity index is 1.34. The van der Waals surface area contributed by atoms with Crippen LogP contribution < -0.4 is 9.80 Å². The molecule has 0 saturated carbocycles. The van der Waals surface area contributed by atoms with Gasteiger partial charge in [0, 0.05) is 42.9 Å². The Bertz CT molecular complexity index is 1470. The van der Waals surface area contributed by atoms with Crippen molar-refractivity contribution in [1.82, 2.24) is 4.90 Å². The summed E-state index contributed by atoms with van der Waals surface area (Å²) in [7, 11) is 0. The number of nitro benzene ring substituents is 1. The van der Waals surface area contributed by atoms with Gasteiger partial charge in [0.15, 0.2) is 0 Å². The first kappa shape index (κ1) is 28.6. The second kappa shape index (κ2) is 12.7. The third-order valence-corrected chi connectivity index (χ3v) is 7.52. The van der Waals surface area contributed by atoms with Crippen LogP contribution in [0.2, 0.25) is 0 Å². The summed E-state index contributed by atoms with van der Waals surface area (Å²) in [5.41, 5.74) is 2.90. The lowest BCUT2D eigenvalue weighted by molar-refractivity contribution is -0.384. The topological polar surface area (TPSA) is 123 Å².